The number of nitrogens with one attached hydrogen (secondary N) is 1. The summed E-state index contributed by atoms with van der Waals surface area (Å²) in [4.78, 5) is 0. The highest BCUT2D eigenvalue weighted by Gasteiger charge is 2.19. The maximum absolute atomic E-state index is 5.78. The molecule has 3 rings (SSSR count). The number of benzene rings is 2. The second-order valence-corrected chi connectivity index (χ2v) is 5.64. The lowest BCUT2D eigenvalue weighted by atomic mass is 9.80. The normalized spacial score (nSPS) is 16.2. The van der Waals surface area contributed by atoms with Crippen molar-refractivity contribution in [2.75, 3.05) is 6.61 Å². The van der Waals surface area contributed by atoms with Crippen LogP contribution in [0.5, 0.6) is 5.75 Å². The fraction of sp³-hybridized carbons (Fsp3) is 0.333. The van der Waals surface area contributed by atoms with Gasteiger partial charge >= 0.3 is 0 Å². The largest absolute Gasteiger partial charge is 0.492 e. The average Bonchev–Trinajstić information content (AvgIpc) is 2.49. The Morgan fingerprint density at radius 3 is 2.33 bits per heavy atom. The quantitative estimate of drug-likeness (QED) is 0.629. The van der Waals surface area contributed by atoms with Crippen LogP contribution in [0.1, 0.15) is 42.3 Å². The fourth-order valence-electron chi connectivity index (χ4n) is 2.68. The minimum atomic E-state index is 0.000599. The molecule has 110 valence electrons. The molecule has 0 aliphatic heterocycles. The van der Waals surface area contributed by atoms with Crippen LogP contribution in [-0.2, 0) is 0 Å². The Hall–Kier alpha value is -1.84. The van der Waals surface area contributed by atoms with Crippen molar-refractivity contribution in [3.05, 3.63) is 65.7 Å². The van der Waals surface area contributed by atoms with Crippen molar-refractivity contribution in [3.8, 4) is 5.75 Å². The van der Waals surface area contributed by atoms with Crippen molar-refractivity contribution in [1.29, 1.82) is 0 Å². The average molecular weight is 282 g/mol. The summed E-state index contributed by atoms with van der Waals surface area (Å²) in [6, 6.07) is 18.6. The lowest BCUT2D eigenvalue weighted by Crippen LogP contribution is -2.32. The minimum absolute atomic E-state index is 0.000599. The summed E-state index contributed by atoms with van der Waals surface area (Å²) in [6.07, 6.45) is 4.02. The van der Waals surface area contributed by atoms with E-state index in [4.69, 9.17) is 10.6 Å². The van der Waals surface area contributed by atoms with Crippen LogP contribution in [0.15, 0.2) is 54.6 Å². The number of ether oxygens (including phenoxy) is 1. The second kappa shape index (κ2) is 6.74. The molecule has 1 saturated carbocycles. The Balaban J connectivity index is 1.62. The molecule has 0 aromatic heterocycles. The van der Waals surface area contributed by atoms with Crippen molar-refractivity contribution in [1.82, 2.24) is 5.43 Å². The van der Waals surface area contributed by atoms with Gasteiger partial charge in [-0.25, -0.2) is 5.43 Å². The first-order chi connectivity index (χ1) is 10.4. The first-order valence-corrected chi connectivity index (χ1v) is 7.60. The van der Waals surface area contributed by atoms with Crippen LogP contribution in [0.25, 0.3) is 0 Å². The molecule has 3 nitrogen and oxygen atoms in total. The van der Waals surface area contributed by atoms with Crippen LogP contribution in [0.3, 0.4) is 0 Å². The van der Waals surface area contributed by atoms with Crippen molar-refractivity contribution in [2.24, 2.45) is 5.84 Å². The number of hydrogen-bond acceptors (Lipinski definition) is 3. The highest BCUT2D eigenvalue weighted by molar-refractivity contribution is 5.29. The van der Waals surface area contributed by atoms with Crippen LogP contribution in [-0.4, -0.2) is 6.61 Å². The molecule has 1 fully saturated rings. The van der Waals surface area contributed by atoms with Crippen LogP contribution in [0.4, 0.5) is 0 Å². The van der Waals surface area contributed by atoms with Crippen LogP contribution in [0, 0.1) is 0 Å². The van der Waals surface area contributed by atoms with Gasteiger partial charge in [0.05, 0.1) is 6.04 Å². The number of rotatable bonds is 6. The standard InChI is InChI=1S/C18H22N2O/c19-20-18(13-21-17-7-2-1-3-8-17)16-11-9-15(10-12-16)14-5-4-6-14/h1-3,7-12,14,18,20H,4-6,13,19H2. The third-order valence-corrected chi connectivity index (χ3v) is 4.28. The van der Waals surface area contributed by atoms with Crippen molar-refractivity contribution < 1.29 is 4.74 Å². The van der Waals surface area contributed by atoms with Crippen LogP contribution >= 0.6 is 0 Å². The Morgan fingerprint density at radius 1 is 1.05 bits per heavy atom. The molecule has 1 aliphatic carbocycles. The Kier molecular flexibility index (Phi) is 4.53. The summed E-state index contributed by atoms with van der Waals surface area (Å²) in [7, 11) is 0. The molecule has 2 aromatic carbocycles. The predicted molar refractivity (Wildman–Crippen MR) is 85.0 cm³/mol. The Morgan fingerprint density at radius 2 is 1.76 bits per heavy atom. The zero-order chi connectivity index (χ0) is 14.5. The van der Waals surface area contributed by atoms with E-state index in [1.165, 1.54) is 24.8 Å². The van der Waals surface area contributed by atoms with E-state index in [1.54, 1.807) is 0 Å². The van der Waals surface area contributed by atoms with Gasteiger partial charge in [-0.2, -0.15) is 0 Å². The maximum Gasteiger partial charge on any atom is 0.119 e. The highest BCUT2D eigenvalue weighted by Crippen LogP contribution is 2.36. The molecule has 0 spiro atoms. The van der Waals surface area contributed by atoms with Crippen molar-refractivity contribution >= 4 is 0 Å². The Bertz CT molecular complexity index is 549. The van der Waals surface area contributed by atoms with E-state index >= 15 is 0 Å². The van der Waals surface area contributed by atoms with Gasteiger partial charge in [0, 0.05) is 0 Å². The van der Waals surface area contributed by atoms with E-state index in [2.05, 4.69) is 29.7 Å². The molecule has 0 bridgehead atoms. The number of nitrogens with two attached hydrogens (primary N) is 1. The van der Waals surface area contributed by atoms with Crippen LogP contribution < -0.4 is 16.0 Å². The van der Waals surface area contributed by atoms with E-state index in [0.29, 0.717) is 6.61 Å². The second-order valence-electron chi connectivity index (χ2n) is 5.64. The molecule has 0 radical (unpaired) electrons. The molecule has 1 aliphatic rings. The molecule has 3 N–H and O–H groups in total. The molecule has 21 heavy (non-hydrogen) atoms. The molecule has 3 heteroatoms. The van der Waals surface area contributed by atoms with Gasteiger partial charge in [-0.3, -0.25) is 5.84 Å². The van der Waals surface area contributed by atoms with E-state index in [9.17, 15) is 0 Å². The first-order valence-electron chi connectivity index (χ1n) is 7.60. The van der Waals surface area contributed by atoms with Crippen molar-refractivity contribution in [2.45, 2.75) is 31.2 Å². The summed E-state index contributed by atoms with van der Waals surface area (Å²) in [5, 5.41) is 0. The van der Waals surface area contributed by atoms with Gasteiger partial charge in [0.15, 0.2) is 0 Å². The number of hydrogen-bond donors (Lipinski definition) is 2. The van der Waals surface area contributed by atoms with Gasteiger partial charge in [-0.15, -0.1) is 0 Å². The highest BCUT2D eigenvalue weighted by atomic mass is 16.5. The van der Waals surface area contributed by atoms with Gasteiger partial charge in [0.25, 0.3) is 0 Å². The minimum Gasteiger partial charge on any atom is -0.492 e. The van der Waals surface area contributed by atoms with Crippen LogP contribution in [0.2, 0.25) is 0 Å². The molecule has 0 saturated heterocycles. The first kappa shape index (κ1) is 14.1. The third-order valence-electron chi connectivity index (χ3n) is 4.28. The molecule has 2 aromatic rings. The SMILES string of the molecule is NNC(COc1ccccc1)c1ccc(C2CCC2)cc1. The molecule has 1 atom stereocenters. The monoisotopic (exact) mass is 282 g/mol. The molecular formula is C18H22N2O. The Labute approximate surface area is 126 Å². The van der Waals surface area contributed by atoms with Gasteiger partial charge in [0.2, 0.25) is 0 Å². The zero-order valence-corrected chi connectivity index (χ0v) is 12.2. The summed E-state index contributed by atoms with van der Waals surface area (Å²) >= 11 is 0. The van der Waals surface area contributed by atoms with Gasteiger partial charge in [-0.1, -0.05) is 48.9 Å². The fourth-order valence-corrected chi connectivity index (χ4v) is 2.68. The summed E-state index contributed by atoms with van der Waals surface area (Å²) < 4.78 is 5.78. The lowest BCUT2D eigenvalue weighted by Gasteiger charge is -2.26. The summed E-state index contributed by atoms with van der Waals surface area (Å²) in [5.41, 5.74) is 5.45. The zero-order valence-electron chi connectivity index (χ0n) is 12.2. The predicted octanol–water partition coefficient (Wildman–Crippen LogP) is 3.54. The smallest absolute Gasteiger partial charge is 0.119 e. The van der Waals surface area contributed by atoms with Gasteiger partial charge < -0.3 is 4.74 Å². The molecule has 0 amide bonds. The number of hydrazine groups is 1. The molecule has 1 unspecified atom stereocenters. The van der Waals surface area contributed by atoms with Gasteiger partial charge in [0.1, 0.15) is 12.4 Å². The van der Waals surface area contributed by atoms with E-state index in [1.807, 2.05) is 30.3 Å². The van der Waals surface area contributed by atoms with Gasteiger partial charge in [-0.05, 0) is 42.0 Å². The van der Waals surface area contributed by atoms with E-state index in [0.717, 1.165) is 17.2 Å². The summed E-state index contributed by atoms with van der Waals surface area (Å²) in [6.45, 7) is 0.517. The van der Waals surface area contributed by atoms with E-state index in [-0.39, 0.29) is 6.04 Å². The number of para-hydroxylation sites is 1. The lowest BCUT2D eigenvalue weighted by molar-refractivity contribution is 0.267. The third kappa shape index (κ3) is 3.43. The van der Waals surface area contributed by atoms with Crippen molar-refractivity contribution in [3.63, 3.8) is 0 Å². The topological polar surface area (TPSA) is 47.3 Å². The maximum atomic E-state index is 5.78. The molecular weight excluding hydrogens is 260 g/mol. The molecule has 0 heterocycles. The van der Waals surface area contributed by atoms with E-state index < -0.39 is 0 Å². The summed E-state index contributed by atoms with van der Waals surface area (Å²) in [5.74, 6) is 7.31.